The fourth-order valence-electron chi connectivity index (χ4n) is 2.80. The van der Waals surface area contributed by atoms with Crippen molar-refractivity contribution in [1.82, 2.24) is 4.31 Å². The molecule has 0 radical (unpaired) electrons. The van der Waals surface area contributed by atoms with Gasteiger partial charge in [0.15, 0.2) is 5.78 Å². The van der Waals surface area contributed by atoms with E-state index in [1.165, 1.54) is 18.2 Å². The highest BCUT2D eigenvalue weighted by molar-refractivity contribution is 9.10. The molecule has 0 spiro atoms. The van der Waals surface area contributed by atoms with E-state index in [-0.39, 0.29) is 27.3 Å². The Morgan fingerprint density at radius 3 is 2.46 bits per heavy atom. The molecule has 0 N–H and O–H groups in total. The molecule has 148 valence electrons. The number of allylic oxidation sites excluding steroid dienone is 1. The Balaban J connectivity index is 2.01. The monoisotopic (exact) mass is 475 g/mol. The second-order valence-electron chi connectivity index (χ2n) is 5.83. The van der Waals surface area contributed by atoms with Crippen LogP contribution in [0.5, 0.6) is 5.75 Å². The van der Waals surface area contributed by atoms with Crippen LogP contribution in [0.15, 0.2) is 64.1 Å². The molecule has 0 aromatic heterocycles. The van der Waals surface area contributed by atoms with Gasteiger partial charge in [0.1, 0.15) is 11.6 Å². The highest BCUT2D eigenvalue weighted by atomic mass is 79.9. The maximum absolute atomic E-state index is 13.9. The van der Waals surface area contributed by atoms with E-state index in [1.54, 1.807) is 0 Å². The van der Waals surface area contributed by atoms with E-state index >= 15 is 0 Å². The van der Waals surface area contributed by atoms with Gasteiger partial charge in [0.2, 0.25) is 0 Å². The standard InChI is InChI=1S/C18H13BrF3NO4S/c19-17-14(2-1-3-15(17)20)16-10-11(24)8-9-23(16)28(25,26)13-6-4-12(5-7-13)27-18(21)22/h1-9,16,18H,10H2. The number of rotatable bonds is 5. The van der Waals surface area contributed by atoms with Gasteiger partial charge in [0.05, 0.1) is 15.4 Å². The van der Waals surface area contributed by atoms with E-state index in [0.717, 1.165) is 40.8 Å². The molecule has 0 bridgehead atoms. The molecule has 0 amide bonds. The van der Waals surface area contributed by atoms with Crippen LogP contribution in [0.4, 0.5) is 13.2 Å². The van der Waals surface area contributed by atoms with Crippen LogP contribution in [-0.2, 0) is 14.8 Å². The van der Waals surface area contributed by atoms with Crippen molar-refractivity contribution in [2.45, 2.75) is 24.0 Å². The molecule has 0 aliphatic carbocycles. The predicted octanol–water partition coefficient (Wildman–Crippen LogP) is 4.41. The molecule has 10 heteroatoms. The summed E-state index contributed by atoms with van der Waals surface area (Å²) in [5.41, 5.74) is 0.291. The molecule has 1 aliphatic rings. The number of hydrogen-bond acceptors (Lipinski definition) is 4. The van der Waals surface area contributed by atoms with Crippen molar-refractivity contribution in [3.8, 4) is 5.75 Å². The number of carbonyl (C=O) groups excluding carboxylic acids is 1. The summed E-state index contributed by atoms with van der Waals surface area (Å²) in [7, 11) is -4.15. The summed E-state index contributed by atoms with van der Waals surface area (Å²) in [4.78, 5) is 11.7. The van der Waals surface area contributed by atoms with Crippen LogP contribution in [0.2, 0.25) is 0 Å². The molecule has 1 atom stereocenters. The van der Waals surface area contributed by atoms with Crippen molar-refractivity contribution in [3.63, 3.8) is 0 Å². The lowest BCUT2D eigenvalue weighted by molar-refractivity contribution is -0.115. The average Bonchev–Trinajstić information content (AvgIpc) is 2.63. The number of ether oxygens (including phenoxy) is 1. The maximum atomic E-state index is 13.9. The summed E-state index contributed by atoms with van der Waals surface area (Å²) in [6.07, 6.45) is 2.06. The van der Waals surface area contributed by atoms with Crippen LogP contribution < -0.4 is 4.74 Å². The highest BCUT2D eigenvalue weighted by Crippen LogP contribution is 2.38. The predicted molar refractivity (Wildman–Crippen MR) is 97.7 cm³/mol. The van der Waals surface area contributed by atoms with E-state index in [2.05, 4.69) is 20.7 Å². The Labute approximate surface area is 167 Å². The summed E-state index contributed by atoms with van der Waals surface area (Å²) < 4.78 is 69.8. The fourth-order valence-corrected chi connectivity index (χ4v) is 4.79. The van der Waals surface area contributed by atoms with Crippen molar-refractivity contribution < 1.29 is 31.1 Å². The van der Waals surface area contributed by atoms with Crippen LogP contribution in [-0.4, -0.2) is 25.1 Å². The van der Waals surface area contributed by atoms with Crippen molar-refractivity contribution in [2.24, 2.45) is 0 Å². The third-order valence-electron chi connectivity index (χ3n) is 4.07. The normalized spacial score (nSPS) is 17.2. The van der Waals surface area contributed by atoms with Gasteiger partial charge in [-0.25, -0.2) is 12.8 Å². The second kappa shape index (κ2) is 7.96. The van der Waals surface area contributed by atoms with Gasteiger partial charge in [-0.2, -0.15) is 8.78 Å². The Morgan fingerprint density at radius 2 is 1.82 bits per heavy atom. The number of nitrogens with zero attached hydrogens (tertiary/aromatic N) is 1. The number of alkyl halides is 2. The molecule has 1 heterocycles. The summed E-state index contributed by atoms with van der Waals surface area (Å²) in [6.45, 7) is -3.03. The third kappa shape index (κ3) is 4.07. The van der Waals surface area contributed by atoms with Crippen LogP contribution >= 0.6 is 15.9 Å². The van der Waals surface area contributed by atoms with E-state index in [4.69, 9.17) is 0 Å². The summed E-state index contributed by atoms with van der Waals surface area (Å²) in [5, 5.41) is 0. The number of sulfonamides is 1. The van der Waals surface area contributed by atoms with E-state index < -0.39 is 28.5 Å². The molecular formula is C18H13BrF3NO4S. The van der Waals surface area contributed by atoms with Crippen LogP contribution in [0.25, 0.3) is 0 Å². The van der Waals surface area contributed by atoms with Crippen molar-refractivity contribution in [1.29, 1.82) is 0 Å². The smallest absolute Gasteiger partial charge is 0.387 e. The number of carbonyl (C=O) groups is 1. The molecule has 2 aromatic carbocycles. The fraction of sp³-hybridized carbons (Fsp3) is 0.167. The molecule has 2 aromatic rings. The lowest BCUT2D eigenvalue weighted by atomic mass is 9.99. The number of hydrogen-bond donors (Lipinski definition) is 0. The number of ketones is 1. The van der Waals surface area contributed by atoms with Gasteiger partial charge in [-0.3, -0.25) is 9.10 Å². The molecular weight excluding hydrogens is 463 g/mol. The quantitative estimate of drug-likeness (QED) is 0.642. The van der Waals surface area contributed by atoms with Crippen molar-refractivity contribution >= 4 is 31.7 Å². The summed E-state index contributed by atoms with van der Waals surface area (Å²) in [5.74, 6) is -1.10. The van der Waals surface area contributed by atoms with Crippen molar-refractivity contribution in [3.05, 3.63) is 70.6 Å². The zero-order valence-corrected chi connectivity index (χ0v) is 16.5. The largest absolute Gasteiger partial charge is 0.435 e. The minimum Gasteiger partial charge on any atom is -0.435 e. The molecule has 1 unspecified atom stereocenters. The molecule has 0 fully saturated rings. The average molecular weight is 476 g/mol. The Hall–Kier alpha value is -2.33. The number of halogens is 4. The first kappa shape index (κ1) is 20.4. The second-order valence-corrected chi connectivity index (χ2v) is 8.47. The molecule has 0 saturated heterocycles. The molecule has 0 saturated carbocycles. The van der Waals surface area contributed by atoms with Crippen LogP contribution in [0.3, 0.4) is 0 Å². The van der Waals surface area contributed by atoms with E-state index in [1.807, 2.05) is 0 Å². The van der Waals surface area contributed by atoms with Gasteiger partial charge in [-0.1, -0.05) is 12.1 Å². The van der Waals surface area contributed by atoms with Gasteiger partial charge in [-0.05, 0) is 57.9 Å². The summed E-state index contributed by atoms with van der Waals surface area (Å²) >= 11 is 3.10. The summed E-state index contributed by atoms with van der Waals surface area (Å²) in [6, 6.07) is 7.62. The van der Waals surface area contributed by atoms with Crippen LogP contribution in [0.1, 0.15) is 18.0 Å². The van der Waals surface area contributed by atoms with Gasteiger partial charge in [0.25, 0.3) is 10.0 Å². The Kier molecular flexibility index (Phi) is 5.80. The van der Waals surface area contributed by atoms with E-state index in [0.29, 0.717) is 5.56 Å². The zero-order chi connectivity index (χ0) is 20.5. The molecule has 1 aliphatic heterocycles. The maximum Gasteiger partial charge on any atom is 0.387 e. The van der Waals surface area contributed by atoms with Gasteiger partial charge < -0.3 is 4.74 Å². The van der Waals surface area contributed by atoms with Gasteiger partial charge in [-0.15, -0.1) is 0 Å². The highest BCUT2D eigenvalue weighted by Gasteiger charge is 2.35. The third-order valence-corrected chi connectivity index (χ3v) is 6.71. The first-order chi connectivity index (χ1) is 13.2. The lowest BCUT2D eigenvalue weighted by Gasteiger charge is -2.32. The first-order valence-electron chi connectivity index (χ1n) is 7.93. The molecule has 3 rings (SSSR count). The Morgan fingerprint density at radius 1 is 1.14 bits per heavy atom. The lowest BCUT2D eigenvalue weighted by Crippen LogP contribution is -2.34. The van der Waals surface area contributed by atoms with Gasteiger partial charge in [0, 0.05) is 12.6 Å². The molecule has 28 heavy (non-hydrogen) atoms. The van der Waals surface area contributed by atoms with E-state index in [9.17, 15) is 26.4 Å². The molecule has 5 nitrogen and oxygen atoms in total. The van der Waals surface area contributed by atoms with Gasteiger partial charge >= 0.3 is 6.61 Å². The minimum absolute atomic E-state index is 0.0592. The number of benzene rings is 2. The zero-order valence-electron chi connectivity index (χ0n) is 14.1. The first-order valence-corrected chi connectivity index (χ1v) is 10.2. The van der Waals surface area contributed by atoms with Crippen LogP contribution in [0, 0.1) is 5.82 Å². The minimum atomic E-state index is -4.15. The SMILES string of the molecule is O=C1C=CN(S(=O)(=O)c2ccc(OC(F)F)cc2)C(c2cccc(F)c2Br)C1. The Bertz CT molecular complexity index is 1030. The van der Waals surface area contributed by atoms with Crippen molar-refractivity contribution in [2.75, 3.05) is 0 Å². The topological polar surface area (TPSA) is 63.7 Å².